The van der Waals surface area contributed by atoms with Crippen molar-refractivity contribution >= 4 is 68.2 Å². The third-order valence-electron chi connectivity index (χ3n) is 25.5. The largest absolute Gasteiger partial charge is 0.311 e. The molecule has 0 aliphatic rings. The van der Waals surface area contributed by atoms with Gasteiger partial charge in [0.1, 0.15) is 0 Å². The molecule has 136 heavy (non-hydrogen) atoms. The smallest absolute Gasteiger partial charge is 0.0462 e. The van der Waals surface area contributed by atoms with Gasteiger partial charge in [0, 0.05) is 68.2 Å². The Labute approximate surface area is 798 Å². The van der Waals surface area contributed by atoms with Crippen molar-refractivity contribution in [3.8, 4) is 134 Å². The van der Waals surface area contributed by atoms with Crippen LogP contribution in [-0.2, 0) is 0 Å². The zero-order valence-corrected chi connectivity index (χ0v) is 75.2. The van der Waals surface area contributed by atoms with E-state index in [1.807, 2.05) is 0 Å². The molecule has 0 atom stereocenters. The second-order valence-corrected chi connectivity index (χ2v) is 34.0. The van der Waals surface area contributed by atoms with E-state index in [9.17, 15) is 0 Å². The molecule has 22 rings (SSSR count). The summed E-state index contributed by atoms with van der Waals surface area (Å²) >= 11 is 0. The average molecular weight is 1740 g/mol. The quantitative estimate of drug-likeness (QED) is 0.0598. The summed E-state index contributed by atoms with van der Waals surface area (Å²) in [6.45, 7) is 0. The Morgan fingerprint density at radius 1 is 0.0588 bits per heavy atom. The second kappa shape index (κ2) is 40.2. The number of rotatable bonds is 24. The number of hydrogen-bond donors (Lipinski definition) is 0. The lowest BCUT2D eigenvalue weighted by atomic mass is 9.99. The molecule has 0 radical (unpaired) electrons. The van der Waals surface area contributed by atoms with Crippen LogP contribution in [0, 0.1) is 0 Å². The molecule has 0 amide bonds. The molecule has 0 spiro atoms. The highest BCUT2D eigenvalue weighted by molar-refractivity contribution is 5.89. The molecule has 0 heterocycles. The van der Waals surface area contributed by atoms with Crippen molar-refractivity contribution in [2.24, 2.45) is 0 Å². The molecule has 0 unspecified atom stereocenters. The van der Waals surface area contributed by atoms with E-state index >= 15 is 0 Å². The van der Waals surface area contributed by atoms with Gasteiger partial charge in [0.25, 0.3) is 0 Å². The van der Waals surface area contributed by atoms with Gasteiger partial charge in [0.2, 0.25) is 0 Å². The summed E-state index contributed by atoms with van der Waals surface area (Å²) in [6.07, 6.45) is 0. The molecule has 22 aromatic carbocycles. The van der Waals surface area contributed by atoms with E-state index in [2.05, 4.69) is 602 Å². The lowest BCUT2D eigenvalue weighted by Gasteiger charge is -2.27. The molecule has 0 aliphatic carbocycles. The minimum Gasteiger partial charge on any atom is -0.311 e. The molecule has 644 valence electrons. The summed E-state index contributed by atoms with van der Waals surface area (Å²) in [5, 5.41) is 0. The van der Waals surface area contributed by atoms with Crippen molar-refractivity contribution < 1.29 is 0 Å². The first-order chi connectivity index (χ1) is 67.4. The first kappa shape index (κ1) is 84.9. The predicted molar refractivity (Wildman–Crippen MR) is 577 cm³/mol. The van der Waals surface area contributed by atoms with Crippen LogP contribution in [0.25, 0.3) is 134 Å². The van der Waals surface area contributed by atoms with E-state index in [1.54, 1.807) is 0 Å². The summed E-state index contributed by atoms with van der Waals surface area (Å²) in [5.74, 6) is 0. The monoisotopic (exact) mass is 1740 g/mol. The van der Waals surface area contributed by atoms with E-state index in [0.29, 0.717) is 0 Å². The highest BCUT2D eigenvalue weighted by atomic mass is 15.2. The molecular formula is C132H96N4. The predicted octanol–water partition coefficient (Wildman–Crippen LogP) is 37.3. The molecule has 22 aromatic rings. The van der Waals surface area contributed by atoms with Gasteiger partial charge in [-0.15, -0.1) is 0 Å². The summed E-state index contributed by atoms with van der Waals surface area (Å²) in [5.41, 5.74) is 41.7. The number of benzene rings is 22. The Bertz CT molecular complexity index is 6970. The van der Waals surface area contributed by atoms with Crippen molar-refractivity contribution in [2.75, 3.05) is 19.6 Å². The first-order valence-corrected chi connectivity index (χ1v) is 46.5. The molecule has 0 aromatic heterocycles. The van der Waals surface area contributed by atoms with Crippen molar-refractivity contribution in [1.82, 2.24) is 0 Å². The van der Waals surface area contributed by atoms with E-state index in [4.69, 9.17) is 0 Å². The fraction of sp³-hybridized carbons (Fsp3) is 0. The van der Waals surface area contributed by atoms with Crippen LogP contribution in [-0.4, -0.2) is 0 Å². The van der Waals surface area contributed by atoms with Gasteiger partial charge in [0.15, 0.2) is 0 Å². The Morgan fingerprint density at radius 2 is 0.118 bits per heavy atom. The summed E-state index contributed by atoms with van der Waals surface area (Å²) in [4.78, 5) is 9.35. The minimum atomic E-state index is 1.08. The fourth-order valence-corrected chi connectivity index (χ4v) is 18.2. The molecule has 0 aliphatic heterocycles. The molecule has 0 saturated heterocycles. The number of anilines is 12. The van der Waals surface area contributed by atoms with E-state index in [1.165, 1.54) is 111 Å². The van der Waals surface area contributed by atoms with Gasteiger partial charge in [-0.25, -0.2) is 0 Å². The van der Waals surface area contributed by atoms with E-state index in [-0.39, 0.29) is 0 Å². The standard InChI is InChI=1S/C72H52N2.C60H44N2/c1-5-13-53(14-6-1)57-21-25-59(26-22-57)63-33-45-69(46-34-63)73(67-41-29-61(30-42-67)55-17-9-3-10-18-55)71-49-37-65(38-50-71)66-39-51-72(52-40-66)74(68-43-31-62(32-44-68)56-19-11-4-12-20-56)70-47-35-64(36-48-70)60-27-23-58(24-28-60)54-15-7-2-8-16-54;1-5-13-45(14-6-1)49-21-33-55(34-22-49)61(56-35-23-50(24-36-56)46-15-7-2-8-16-46)59-41-29-53(30-42-59)54-31-43-60(44-32-54)62(57-37-25-51(26-38-57)47-17-9-3-10-18-47)58-39-27-52(28-40-58)48-19-11-4-12-20-48/h1-52H;1-44H. The molecule has 0 bridgehead atoms. The Morgan fingerprint density at radius 3 is 0.191 bits per heavy atom. The zero-order valence-electron chi connectivity index (χ0n) is 75.2. The maximum Gasteiger partial charge on any atom is 0.0462 e. The fourth-order valence-electron chi connectivity index (χ4n) is 18.2. The molecule has 4 nitrogen and oxygen atoms in total. The molecule has 0 N–H and O–H groups in total. The SMILES string of the molecule is c1ccc(-c2ccc(-c3ccc(N(c4ccc(-c5ccccc5)cc4)c4ccc(-c5ccc(N(c6ccc(-c7ccccc7)cc6)c6ccc(-c7ccc(-c8ccccc8)cc7)cc6)cc5)cc4)cc3)cc2)cc1.c1ccc(-c2ccc(N(c3ccc(-c4ccccc4)cc3)c3ccc(-c4ccc(N(c5ccc(-c6ccccc6)cc5)c5ccc(-c6ccccc6)cc5)cc4)cc3)cc2)cc1. The molecule has 4 heteroatoms. The van der Waals surface area contributed by atoms with Gasteiger partial charge in [-0.05, 0) is 279 Å². The highest BCUT2D eigenvalue weighted by Gasteiger charge is 2.21. The Balaban J connectivity index is 0.000000165. The maximum atomic E-state index is 2.34. The van der Waals surface area contributed by atoms with Gasteiger partial charge in [-0.1, -0.05) is 437 Å². The van der Waals surface area contributed by atoms with Crippen molar-refractivity contribution in [1.29, 1.82) is 0 Å². The minimum absolute atomic E-state index is 1.08. The molecular weight excluding hydrogens is 1640 g/mol. The summed E-state index contributed by atoms with van der Waals surface area (Å²) in [6, 6.07) is 209. The van der Waals surface area contributed by atoms with E-state index < -0.39 is 0 Å². The highest BCUT2D eigenvalue weighted by Crippen LogP contribution is 2.45. The third-order valence-corrected chi connectivity index (χ3v) is 25.5. The zero-order chi connectivity index (χ0) is 91.0. The van der Waals surface area contributed by atoms with Gasteiger partial charge in [-0.2, -0.15) is 0 Å². The lowest BCUT2D eigenvalue weighted by Crippen LogP contribution is -2.10. The summed E-state index contributed by atoms with van der Waals surface area (Å²) < 4.78 is 0. The van der Waals surface area contributed by atoms with Crippen LogP contribution in [0.15, 0.2) is 582 Å². The van der Waals surface area contributed by atoms with Gasteiger partial charge >= 0.3 is 0 Å². The van der Waals surface area contributed by atoms with Gasteiger partial charge in [0.05, 0.1) is 0 Å². The number of nitrogens with zero attached hydrogens (tertiary/aromatic N) is 4. The van der Waals surface area contributed by atoms with Crippen LogP contribution in [0.2, 0.25) is 0 Å². The molecule has 0 saturated carbocycles. The Kier molecular flexibility index (Phi) is 25.1. The van der Waals surface area contributed by atoms with Crippen LogP contribution in [0.4, 0.5) is 68.2 Å². The third kappa shape index (κ3) is 19.3. The first-order valence-electron chi connectivity index (χ1n) is 46.5. The summed E-state index contributed by atoms with van der Waals surface area (Å²) in [7, 11) is 0. The second-order valence-electron chi connectivity index (χ2n) is 34.0. The normalized spacial score (nSPS) is 10.9. The van der Waals surface area contributed by atoms with Gasteiger partial charge < -0.3 is 19.6 Å². The lowest BCUT2D eigenvalue weighted by molar-refractivity contribution is 1.28. The van der Waals surface area contributed by atoms with E-state index in [0.717, 1.165) is 90.5 Å². The van der Waals surface area contributed by atoms with Crippen molar-refractivity contribution in [3.63, 3.8) is 0 Å². The van der Waals surface area contributed by atoms with Gasteiger partial charge in [-0.3, -0.25) is 0 Å². The van der Waals surface area contributed by atoms with Crippen molar-refractivity contribution in [2.45, 2.75) is 0 Å². The van der Waals surface area contributed by atoms with Crippen LogP contribution < -0.4 is 19.6 Å². The van der Waals surface area contributed by atoms with Crippen LogP contribution in [0.1, 0.15) is 0 Å². The van der Waals surface area contributed by atoms with Crippen LogP contribution in [0.3, 0.4) is 0 Å². The maximum absolute atomic E-state index is 2.34. The van der Waals surface area contributed by atoms with Crippen LogP contribution >= 0.6 is 0 Å². The van der Waals surface area contributed by atoms with Crippen LogP contribution in [0.5, 0.6) is 0 Å². The Hall–Kier alpha value is -18.0. The average Bonchev–Trinajstić information content (AvgIpc) is 0.786. The van der Waals surface area contributed by atoms with Crippen molar-refractivity contribution in [3.05, 3.63) is 582 Å². The topological polar surface area (TPSA) is 13.0 Å². The number of hydrogen-bond acceptors (Lipinski definition) is 4. The molecule has 0 fully saturated rings.